The number of carbonyl (C=O) groups excluding carboxylic acids is 1. The molecule has 4 rings (SSSR count). The molecule has 35 heavy (non-hydrogen) atoms. The summed E-state index contributed by atoms with van der Waals surface area (Å²) < 4.78 is 38.3. The molecule has 1 fully saturated rings. The van der Waals surface area contributed by atoms with Crippen molar-refractivity contribution in [3.8, 4) is 16.9 Å². The van der Waals surface area contributed by atoms with Crippen molar-refractivity contribution in [1.82, 2.24) is 19.4 Å². The number of rotatable bonds is 7. The van der Waals surface area contributed by atoms with Crippen molar-refractivity contribution >= 4 is 21.8 Å². The number of likely N-dealkylation sites (N-methyl/N-ethyl adjacent to an activating group) is 1. The molecule has 11 heteroatoms. The van der Waals surface area contributed by atoms with E-state index in [4.69, 9.17) is 9.47 Å². The summed E-state index contributed by atoms with van der Waals surface area (Å²) in [4.78, 5) is 14.2. The number of piperidine rings is 1. The van der Waals surface area contributed by atoms with Crippen LogP contribution >= 0.6 is 0 Å². The lowest BCUT2D eigenvalue weighted by Gasteiger charge is -2.35. The van der Waals surface area contributed by atoms with Gasteiger partial charge in [0.15, 0.2) is 0 Å². The van der Waals surface area contributed by atoms with Gasteiger partial charge in [-0.15, -0.1) is 0 Å². The van der Waals surface area contributed by atoms with Gasteiger partial charge < -0.3 is 14.8 Å². The average molecular weight is 506 g/mol. The third-order valence-corrected chi connectivity index (χ3v) is 8.25. The van der Waals surface area contributed by atoms with E-state index in [-0.39, 0.29) is 19.2 Å². The number of sulfonamides is 1. The van der Waals surface area contributed by atoms with Crippen molar-refractivity contribution in [3.63, 3.8) is 0 Å². The minimum atomic E-state index is -3.31. The van der Waals surface area contributed by atoms with Crippen LogP contribution in [0.1, 0.15) is 37.8 Å². The van der Waals surface area contributed by atoms with Gasteiger partial charge in [0.1, 0.15) is 12.4 Å². The summed E-state index contributed by atoms with van der Waals surface area (Å²) in [5, 5.41) is 8.02. The van der Waals surface area contributed by atoms with Crippen LogP contribution in [0.4, 0.5) is 10.5 Å². The zero-order chi connectivity index (χ0) is 25.2. The molecule has 0 bridgehead atoms. The second-order valence-corrected chi connectivity index (χ2v) is 11.4. The summed E-state index contributed by atoms with van der Waals surface area (Å²) in [5.74, 6) is 0.662. The standard InChI is InChI=1S/C24H35N5O5S/c1-17-5-6-21-22(29(17)24(30)33-3)8-7-20(23(21)34-14-13-27(2)35(4,31)32)18-15-26-28(16-18)19-9-11-25-12-10-19/h7-8,15-17,19,25H,5-6,9-14H2,1-4H3/t17-/m0/s1. The van der Waals surface area contributed by atoms with Crippen molar-refractivity contribution < 1.29 is 22.7 Å². The minimum absolute atomic E-state index is 0.00678. The first-order chi connectivity index (χ1) is 16.7. The van der Waals surface area contributed by atoms with Crippen LogP contribution in [-0.4, -0.2) is 81.3 Å². The number of aromatic nitrogens is 2. The second kappa shape index (κ2) is 10.5. The number of anilines is 1. The van der Waals surface area contributed by atoms with Crippen LogP contribution in [0.3, 0.4) is 0 Å². The number of ether oxygens (including phenoxy) is 2. The van der Waals surface area contributed by atoms with E-state index in [0.29, 0.717) is 11.8 Å². The minimum Gasteiger partial charge on any atom is -0.491 e. The number of amides is 1. The molecule has 1 aromatic heterocycles. The molecule has 1 saturated heterocycles. The Morgan fingerprint density at radius 3 is 2.69 bits per heavy atom. The van der Waals surface area contributed by atoms with Crippen LogP contribution in [0.2, 0.25) is 0 Å². The average Bonchev–Trinajstić information content (AvgIpc) is 3.33. The molecule has 0 saturated carbocycles. The van der Waals surface area contributed by atoms with Gasteiger partial charge in [-0.05, 0) is 57.8 Å². The fraction of sp³-hybridized carbons (Fsp3) is 0.583. The third-order valence-electron chi connectivity index (χ3n) is 6.93. The highest BCUT2D eigenvalue weighted by Gasteiger charge is 2.32. The Labute approximate surface area is 207 Å². The number of hydrogen-bond donors (Lipinski definition) is 1. The number of hydrogen-bond acceptors (Lipinski definition) is 7. The Morgan fingerprint density at radius 1 is 1.26 bits per heavy atom. The second-order valence-electron chi connectivity index (χ2n) is 9.29. The summed E-state index contributed by atoms with van der Waals surface area (Å²) >= 11 is 0. The molecular formula is C24H35N5O5S. The van der Waals surface area contributed by atoms with Gasteiger partial charge in [-0.3, -0.25) is 9.58 Å². The Kier molecular flexibility index (Phi) is 7.67. The molecule has 2 aliphatic heterocycles. The summed E-state index contributed by atoms with van der Waals surface area (Å²) in [6.07, 6.45) is 8.22. The van der Waals surface area contributed by atoms with Gasteiger partial charge in [0.25, 0.3) is 0 Å². The SMILES string of the molecule is COC(=O)N1c2ccc(-c3cnn(C4CCNCC4)c3)c(OCCN(C)S(C)(=O)=O)c2CC[C@@H]1C. The zero-order valence-electron chi connectivity index (χ0n) is 20.9. The maximum atomic E-state index is 12.6. The molecule has 192 valence electrons. The Bertz CT molecular complexity index is 1160. The summed E-state index contributed by atoms with van der Waals surface area (Å²) in [7, 11) is -0.399. The molecule has 0 aliphatic carbocycles. The molecule has 1 N–H and O–H groups in total. The molecule has 2 aromatic rings. The van der Waals surface area contributed by atoms with Crippen LogP contribution < -0.4 is 15.0 Å². The van der Waals surface area contributed by atoms with Crippen molar-refractivity contribution in [1.29, 1.82) is 0 Å². The van der Waals surface area contributed by atoms with Crippen LogP contribution in [-0.2, 0) is 21.2 Å². The van der Waals surface area contributed by atoms with Gasteiger partial charge in [0, 0.05) is 42.5 Å². The first kappa shape index (κ1) is 25.5. The maximum absolute atomic E-state index is 12.6. The van der Waals surface area contributed by atoms with Gasteiger partial charge >= 0.3 is 6.09 Å². The lowest BCUT2D eigenvalue weighted by atomic mass is 9.92. The number of nitrogens with zero attached hydrogens (tertiary/aromatic N) is 4. The van der Waals surface area contributed by atoms with Crippen molar-refractivity contribution in [2.75, 3.05) is 51.6 Å². The zero-order valence-corrected chi connectivity index (χ0v) is 21.7. The van der Waals surface area contributed by atoms with E-state index in [2.05, 4.69) is 16.6 Å². The number of benzene rings is 1. The molecule has 1 atom stereocenters. The highest BCUT2D eigenvalue weighted by atomic mass is 32.2. The molecule has 3 heterocycles. The van der Waals surface area contributed by atoms with E-state index in [0.717, 1.165) is 61.2 Å². The number of carbonyl (C=O) groups is 1. The Balaban J connectivity index is 1.70. The summed E-state index contributed by atoms with van der Waals surface area (Å²) in [5.41, 5.74) is 3.49. The van der Waals surface area contributed by atoms with Gasteiger partial charge in [0.05, 0.1) is 31.3 Å². The van der Waals surface area contributed by atoms with Crippen LogP contribution in [0, 0.1) is 0 Å². The third kappa shape index (κ3) is 5.46. The van der Waals surface area contributed by atoms with E-state index in [1.165, 1.54) is 24.7 Å². The summed E-state index contributed by atoms with van der Waals surface area (Å²) in [6, 6.07) is 4.24. The maximum Gasteiger partial charge on any atom is 0.414 e. The Morgan fingerprint density at radius 2 is 2.00 bits per heavy atom. The quantitative estimate of drug-likeness (QED) is 0.617. The molecule has 1 amide bonds. The van der Waals surface area contributed by atoms with E-state index in [1.807, 2.05) is 29.9 Å². The number of nitrogens with one attached hydrogen (secondary N) is 1. The van der Waals surface area contributed by atoms with Crippen molar-refractivity contribution in [3.05, 3.63) is 30.1 Å². The fourth-order valence-corrected chi connectivity index (χ4v) is 5.17. The molecular weight excluding hydrogens is 470 g/mol. The molecule has 10 nitrogen and oxygen atoms in total. The van der Waals surface area contributed by atoms with Crippen LogP contribution in [0.15, 0.2) is 24.5 Å². The first-order valence-corrected chi connectivity index (χ1v) is 13.9. The molecule has 1 aromatic carbocycles. The lowest BCUT2D eigenvalue weighted by molar-refractivity contribution is 0.175. The highest BCUT2D eigenvalue weighted by Crippen LogP contribution is 2.43. The van der Waals surface area contributed by atoms with Crippen molar-refractivity contribution in [2.24, 2.45) is 0 Å². The van der Waals surface area contributed by atoms with Gasteiger partial charge in [-0.2, -0.15) is 5.10 Å². The van der Waals surface area contributed by atoms with E-state index in [9.17, 15) is 13.2 Å². The highest BCUT2D eigenvalue weighted by molar-refractivity contribution is 7.88. The number of fused-ring (bicyclic) bond motifs is 1. The van der Waals surface area contributed by atoms with E-state index < -0.39 is 16.1 Å². The predicted molar refractivity (Wildman–Crippen MR) is 134 cm³/mol. The van der Waals surface area contributed by atoms with Crippen molar-refractivity contribution in [2.45, 2.75) is 44.7 Å². The molecule has 0 unspecified atom stereocenters. The predicted octanol–water partition coefficient (Wildman–Crippen LogP) is 2.65. The fourth-order valence-electron chi connectivity index (χ4n) is 4.76. The lowest BCUT2D eigenvalue weighted by Crippen LogP contribution is -2.42. The molecule has 0 spiro atoms. The van der Waals surface area contributed by atoms with Gasteiger partial charge in [-0.25, -0.2) is 17.5 Å². The topological polar surface area (TPSA) is 106 Å². The smallest absolute Gasteiger partial charge is 0.414 e. The summed E-state index contributed by atoms with van der Waals surface area (Å²) in [6.45, 7) is 4.35. The molecule has 2 aliphatic rings. The monoisotopic (exact) mass is 505 g/mol. The Hall–Kier alpha value is -2.63. The first-order valence-electron chi connectivity index (χ1n) is 12.0. The van der Waals surface area contributed by atoms with E-state index >= 15 is 0 Å². The molecule has 0 radical (unpaired) electrons. The van der Waals surface area contributed by atoms with Crippen LogP contribution in [0.5, 0.6) is 5.75 Å². The van der Waals surface area contributed by atoms with Crippen LogP contribution in [0.25, 0.3) is 11.1 Å². The van der Waals surface area contributed by atoms with E-state index in [1.54, 1.807) is 4.90 Å². The van der Waals surface area contributed by atoms with Gasteiger partial charge in [-0.1, -0.05) is 0 Å². The normalized spacial score (nSPS) is 19.0. The number of methoxy groups -OCH3 is 1. The van der Waals surface area contributed by atoms with Gasteiger partial charge in [0.2, 0.25) is 10.0 Å². The largest absolute Gasteiger partial charge is 0.491 e.